The van der Waals surface area contributed by atoms with E-state index in [2.05, 4.69) is 18.5 Å². The molecule has 0 aromatic carbocycles. The highest BCUT2D eigenvalue weighted by molar-refractivity contribution is 7.98. The van der Waals surface area contributed by atoms with Crippen LogP contribution in [0, 0.1) is 17.3 Å². The maximum atomic E-state index is 12.2. The van der Waals surface area contributed by atoms with Gasteiger partial charge in [-0.1, -0.05) is 6.92 Å². The minimum absolute atomic E-state index is 0.0121. The van der Waals surface area contributed by atoms with Crippen molar-refractivity contribution < 1.29 is 14.7 Å². The fourth-order valence-corrected chi connectivity index (χ4v) is 3.33. The fraction of sp³-hybridized carbons (Fsp3) is 0.867. The van der Waals surface area contributed by atoms with Crippen molar-refractivity contribution in [2.75, 3.05) is 31.6 Å². The van der Waals surface area contributed by atoms with E-state index in [1.165, 1.54) is 0 Å². The van der Waals surface area contributed by atoms with E-state index in [0.29, 0.717) is 19.0 Å². The number of carbonyl (C=O) groups excluding carboxylic acids is 1. The summed E-state index contributed by atoms with van der Waals surface area (Å²) >= 11 is 1.77. The molecule has 0 bridgehead atoms. The number of likely N-dealkylation sites (tertiary alicyclic amines) is 1. The standard InChI is InChI=1S/C15H28N2O3S/c1-11(10-21-4)8-16-14(20)17-7-5-6-12(9-17)15(2,3)13(18)19/h11-12H,5-10H2,1-4H3,(H,16,20)(H,18,19). The number of piperidine rings is 1. The van der Waals surface area contributed by atoms with E-state index < -0.39 is 11.4 Å². The van der Waals surface area contributed by atoms with Gasteiger partial charge in [-0.15, -0.1) is 0 Å². The Balaban J connectivity index is 2.52. The number of hydrogen-bond acceptors (Lipinski definition) is 3. The van der Waals surface area contributed by atoms with Crippen LogP contribution in [0.1, 0.15) is 33.6 Å². The number of hydrogen-bond donors (Lipinski definition) is 2. The van der Waals surface area contributed by atoms with Crippen molar-refractivity contribution in [1.29, 1.82) is 0 Å². The first-order chi connectivity index (χ1) is 9.78. The fourth-order valence-electron chi connectivity index (χ4n) is 2.64. The summed E-state index contributed by atoms with van der Waals surface area (Å²) in [5.74, 6) is 0.691. The molecule has 2 atom stereocenters. The van der Waals surface area contributed by atoms with Crippen LogP contribution in [-0.4, -0.2) is 53.6 Å². The molecule has 0 radical (unpaired) electrons. The van der Waals surface area contributed by atoms with Gasteiger partial charge in [-0.3, -0.25) is 4.79 Å². The quantitative estimate of drug-likeness (QED) is 0.790. The first-order valence-corrected chi connectivity index (χ1v) is 8.93. The largest absolute Gasteiger partial charge is 0.481 e. The SMILES string of the molecule is CSCC(C)CNC(=O)N1CCCC(C(C)(C)C(=O)O)C1. The number of rotatable bonds is 6. The molecule has 2 N–H and O–H groups in total. The van der Waals surface area contributed by atoms with Crippen molar-refractivity contribution in [3.05, 3.63) is 0 Å². The molecule has 1 saturated heterocycles. The lowest BCUT2D eigenvalue weighted by Gasteiger charge is -2.39. The van der Waals surface area contributed by atoms with Gasteiger partial charge in [0.15, 0.2) is 0 Å². The molecule has 0 aliphatic carbocycles. The average molecular weight is 316 g/mol. The Kier molecular flexibility index (Phi) is 6.84. The third-order valence-corrected chi connectivity index (χ3v) is 5.24. The van der Waals surface area contributed by atoms with Gasteiger partial charge >= 0.3 is 12.0 Å². The number of nitrogens with zero attached hydrogens (tertiary/aromatic N) is 1. The molecular formula is C15H28N2O3S. The topological polar surface area (TPSA) is 69.6 Å². The predicted molar refractivity (Wildman–Crippen MR) is 86.7 cm³/mol. The third kappa shape index (κ3) is 5.09. The zero-order valence-corrected chi connectivity index (χ0v) is 14.3. The number of amides is 2. The van der Waals surface area contributed by atoms with Crippen molar-refractivity contribution in [3.8, 4) is 0 Å². The Bertz CT molecular complexity index is 374. The summed E-state index contributed by atoms with van der Waals surface area (Å²) < 4.78 is 0. The van der Waals surface area contributed by atoms with Crippen molar-refractivity contribution in [1.82, 2.24) is 10.2 Å². The number of carbonyl (C=O) groups is 2. The first kappa shape index (κ1) is 18.1. The molecule has 6 heteroatoms. The molecule has 1 heterocycles. The minimum atomic E-state index is -0.789. The van der Waals surface area contributed by atoms with E-state index in [1.807, 2.05) is 0 Å². The monoisotopic (exact) mass is 316 g/mol. The molecule has 1 aliphatic heterocycles. The van der Waals surface area contributed by atoms with E-state index in [9.17, 15) is 14.7 Å². The smallest absolute Gasteiger partial charge is 0.317 e. The summed E-state index contributed by atoms with van der Waals surface area (Å²) in [6, 6.07) is -0.0613. The highest BCUT2D eigenvalue weighted by Gasteiger charge is 2.39. The van der Waals surface area contributed by atoms with Gasteiger partial charge in [0.25, 0.3) is 0 Å². The molecule has 0 aromatic rings. The molecular weight excluding hydrogens is 288 g/mol. The molecule has 0 aromatic heterocycles. The van der Waals surface area contributed by atoms with E-state index >= 15 is 0 Å². The number of nitrogens with one attached hydrogen (secondary N) is 1. The van der Waals surface area contributed by atoms with E-state index in [0.717, 1.165) is 25.1 Å². The lowest BCUT2D eigenvalue weighted by Crippen LogP contribution is -2.50. The van der Waals surface area contributed by atoms with Crippen molar-refractivity contribution in [2.24, 2.45) is 17.3 Å². The summed E-state index contributed by atoms with van der Waals surface area (Å²) in [5.41, 5.74) is -0.787. The van der Waals surface area contributed by atoms with Crippen LogP contribution in [0.4, 0.5) is 4.79 Å². The lowest BCUT2D eigenvalue weighted by atomic mass is 9.74. The van der Waals surface area contributed by atoms with Gasteiger partial charge in [0.2, 0.25) is 0 Å². The van der Waals surface area contributed by atoms with E-state index in [4.69, 9.17) is 0 Å². The van der Waals surface area contributed by atoms with Gasteiger partial charge in [0.1, 0.15) is 0 Å². The van der Waals surface area contributed by atoms with Crippen molar-refractivity contribution >= 4 is 23.8 Å². The number of carboxylic acids is 1. The van der Waals surface area contributed by atoms with Gasteiger partial charge in [-0.05, 0) is 50.5 Å². The van der Waals surface area contributed by atoms with Crippen molar-refractivity contribution in [2.45, 2.75) is 33.6 Å². The van der Waals surface area contributed by atoms with Crippen LogP contribution >= 0.6 is 11.8 Å². The van der Waals surface area contributed by atoms with Crippen LogP contribution < -0.4 is 5.32 Å². The zero-order valence-electron chi connectivity index (χ0n) is 13.5. The first-order valence-electron chi connectivity index (χ1n) is 7.54. The van der Waals surface area contributed by atoms with E-state index in [1.54, 1.807) is 30.5 Å². The molecule has 0 spiro atoms. The van der Waals surface area contributed by atoms with Crippen molar-refractivity contribution in [3.63, 3.8) is 0 Å². The average Bonchev–Trinajstić information content (AvgIpc) is 2.45. The summed E-state index contributed by atoms with van der Waals surface area (Å²) in [6.45, 7) is 7.54. The number of urea groups is 1. The summed E-state index contributed by atoms with van der Waals surface area (Å²) in [7, 11) is 0. The van der Waals surface area contributed by atoms with Crippen LogP contribution in [-0.2, 0) is 4.79 Å². The highest BCUT2D eigenvalue weighted by Crippen LogP contribution is 2.34. The Labute approximate surface area is 131 Å². The maximum Gasteiger partial charge on any atom is 0.317 e. The second-order valence-corrected chi connectivity index (χ2v) is 7.47. The molecule has 1 rings (SSSR count). The number of carboxylic acid groups (broad SMARTS) is 1. The summed E-state index contributed by atoms with van der Waals surface area (Å²) in [6.07, 6.45) is 3.79. The zero-order chi connectivity index (χ0) is 16.0. The van der Waals surface area contributed by atoms with Crippen LogP contribution in [0.15, 0.2) is 0 Å². The summed E-state index contributed by atoms with van der Waals surface area (Å²) in [5, 5.41) is 12.3. The molecule has 122 valence electrons. The van der Waals surface area contributed by atoms with E-state index in [-0.39, 0.29) is 11.9 Å². The normalized spacial score (nSPS) is 21.0. The summed E-state index contributed by atoms with van der Waals surface area (Å²) in [4.78, 5) is 25.3. The molecule has 0 saturated carbocycles. The maximum absolute atomic E-state index is 12.2. The lowest BCUT2D eigenvalue weighted by molar-refractivity contribution is -0.151. The molecule has 5 nitrogen and oxygen atoms in total. The number of thioether (sulfide) groups is 1. The van der Waals surface area contributed by atoms with Crippen LogP contribution in [0.5, 0.6) is 0 Å². The Morgan fingerprint density at radius 2 is 2.14 bits per heavy atom. The Hall–Kier alpha value is -0.910. The minimum Gasteiger partial charge on any atom is -0.481 e. The van der Waals surface area contributed by atoms with Gasteiger partial charge in [-0.25, -0.2) is 4.79 Å². The second kappa shape index (κ2) is 7.92. The predicted octanol–water partition coefficient (Wildman–Crippen LogP) is 2.52. The molecule has 2 unspecified atom stereocenters. The van der Waals surface area contributed by atoms with Crippen LogP contribution in [0.3, 0.4) is 0 Å². The Morgan fingerprint density at radius 1 is 1.48 bits per heavy atom. The van der Waals surface area contributed by atoms with Gasteiger partial charge in [0.05, 0.1) is 5.41 Å². The molecule has 21 heavy (non-hydrogen) atoms. The molecule has 1 aliphatic rings. The van der Waals surface area contributed by atoms with Crippen LogP contribution in [0.25, 0.3) is 0 Å². The van der Waals surface area contributed by atoms with Gasteiger partial charge in [-0.2, -0.15) is 11.8 Å². The number of aliphatic carboxylic acids is 1. The molecule has 1 fully saturated rings. The van der Waals surface area contributed by atoms with Crippen LogP contribution in [0.2, 0.25) is 0 Å². The Morgan fingerprint density at radius 3 is 2.71 bits per heavy atom. The highest BCUT2D eigenvalue weighted by atomic mass is 32.2. The van der Waals surface area contributed by atoms with Gasteiger partial charge in [0, 0.05) is 19.6 Å². The second-order valence-electron chi connectivity index (χ2n) is 6.56. The molecule has 2 amide bonds. The third-order valence-electron chi connectivity index (χ3n) is 4.33. The van der Waals surface area contributed by atoms with Gasteiger partial charge < -0.3 is 15.3 Å².